The van der Waals surface area contributed by atoms with Crippen LogP contribution in [0.15, 0.2) is 18.2 Å². The summed E-state index contributed by atoms with van der Waals surface area (Å²) in [5, 5.41) is 22.8. The fourth-order valence-electron chi connectivity index (χ4n) is 1.78. The number of nitro groups is 1. The van der Waals surface area contributed by atoms with Crippen LogP contribution in [0, 0.1) is 10.1 Å². The second-order valence-corrected chi connectivity index (χ2v) is 4.60. The van der Waals surface area contributed by atoms with Gasteiger partial charge in [-0.05, 0) is 25.5 Å². The van der Waals surface area contributed by atoms with Crippen molar-refractivity contribution in [3.05, 3.63) is 33.9 Å². The van der Waals surface area contributed by atoms with Crippen LogP contribution in [0.5, 0.6) is 0 Å². The van der Waals surface area contributed by atoms with E-state index in [2.05, 4.69) is 5.32 Å². The van der Waals surface area contributed by atoms with Crippen molar-refractivity contribution in [2.75, 3.05) is 25.5 Å². The standard InChI is InChI=1S/C13H19N3O4/c1-9(17)6-7-15(3)11-5-4-10(13(18)14-2)8-12(11)16(19)20/h4-5,8-9,17H,6-7H2,1-3H3,(H,14,18). The Morgan fingerprint density at radius 2 is 2.20 bits per heavy atom. The molecule has 1 rings (SSSR count). The lowest BCUT2D eigenvalue weighted by Crippen LogP contribution is -2.23. The summed E-state index contributed by atoms with van der Waals surface area (Å²) in [6.45, 7) is 2.15. The molecule has 2 N–H and O–H groups in total. The van der Waals surface area contributed by atoms with Crippen LogP contribution < -0.4 is 10.2 Å². The monoisotopic (exact) mass is 281 g/mol. The largest absolute Gasteiger partial charge is 0.393 e. The lowest BCUT2D eigenvalue weighted by atomic mass is 10.1. The molecule has 1 atom stereocenters. The zero-order chi connectivity index (χ0) is 15.3. The molecule has 20 heavy (non-hydrogen) atoms. The quantitative estimate of drug-likeness (QED) is 0.602. The number of carbonyl (C=O) groups excluding carboxylic acids is 1. The lowest BCUT2D eigenvalue weighted by molar-refractivity contribution is -0.384. The number of nitrogens with zero attached hydrogens (tertiary/aromatic N) is 2. The van der Waals surface area contributed by atoms with Crippen molar-refractivity contribution in [3.63, 3.8) is 0 Å². The minimum Gasteiger partial charge on any atom is -0.393 e. The van der Waals surface area contributed by atoms with Crippen molar-refractivity contribution in [1.29, 1.82) is 0 Å². The Morgan fingerprint density at radius 1 is 1.55 bits per heavy atom. The number of hydrogen-bond donors (Lipinski definition) is 2. The Balaban J connectivity index is 3.07. The third-order valence-corrected chi connectivity index (χ3v) is 2.95. The lowest BCUT2D eigenvalue weighted by Gasteiger charge is -2.20. The molecule has 1 amide bonds. The van der Waals surface area contributed by atoms with E-state index < -0.39 is 11.0 Å². The van der Waals surface area contributed by atoms with E-state index in [1.54, 1.807) is 31.0 Å². The van der Waals surface area contributed by atoms with Gasteiger partial charge in [-0.1, -0.05) is 0 Å². The second kappa shape index (κ2) is 6.85. The molecule has 0 aliphatic rings. The molecule has 1 unspecified atom stereocenters. The molecule has 0 saturated carbocycles. The molecule has 0 heterocycles. The minimum absolute atomic E-state index is 0.126. The van der Waals surface area contributed by atoms with Gasteiger partial charge in [0.15, 0.2) is 0 Å². The molecular weight excluding hydrogens is 262 g/mol. The summed E-state index contributed by atoms with van der Waals surface area (Å²) in [6, 6.07) is 4.35. The van der Waals surface area contributed by atoms with Crippen LogP contribution in [0.3, 0.4) is 0 Å². The van der Waals surface area contributed by atoms with Gasteiger partial charge in [0.1, 0.15) is 5.69 Å². The normalized spacial score (nSPS) is 11.8. The summed E-state index contributed by atoms with van der Waals surface area (Å²) in [5.41, 5.74) is 0.536. The van der Waals surface area contributed by atoms with E-state index in [1.165, 1.54) is 13.1 Å². The van der Waals surface area contributed by atoms with E-state index in [0.717, 1.165) is 0 Å². The van der Waals surface area contributed by atoms with E-state index in [0.29, 0.717) is 18.7 Å². The molecular formula is C13H19N3O4. The van der Waals surface area contributed by atoms with Gasteiger partial charge in [0, 0.05) is 32.3 Å². The molecule has 0 saturated heterocycles. The highest BCUT2D eigenvalue weighted by molar-refractivity contribution is 5.95. The molecule has 0 spiro atoms. The number of aliphatic hydroxyl groups excluding tert-OH is 1. The van der Waals surface area contributed by atoms with Crippen molar-refractivity contribution < 1.29 is 14.8 Å². The zero-order valence-corrected chi connectivity index (χ0v) is 11.8. The fraction of sp³-hybridized carbons (Fsp3) is 0.462. The molecule has 0 fully saturated rings. The van der Waals surface area contributed by atoms with Gasteiger partial charge in [-0.25, -0.2) is 0 Å². The molecule has 7 nitrogen and oxygen atoms in total. The average Bonchev–Trinajstić information content (AvgIpc) is 2.43. The number of carbonyl (C=O) groups is 1. The van der Waals surface area contributed by atoms with Crippen LogP contribution in [0.2, 0.25) is 0 Å². The summed E-state index contributed by atoms with van der Waals surface area (Å²) in [6.07, 6.45) is 0.0341. The summed E-state index contributed by atoms with van der Waals surface area (Å²) in [4.78, 5) is 23.8. The van der Waals surface area contributed by atoms with E-state index >= 15 is 0 Å². The van der Waals surface area contributed by atoms with Crippen LogP contribution in [0.1, 0.15) is 23.7 Å². The molecule has 7 heteroatoms. The predicted molar refractivity (Wildman–Crippen MR) is 76.1 cm³/mol. The number of nitro benzene ring substituents is 1. The Hall–Kier alpha value is -2.15. The first kappa shape index (κ1) is 15.9. The van der Waals surface area contributed by atoms with Crippen molar-refractivity contribution >= 4 is 17.3 Å². The Labute approximate surface area is 117 Å². The highest BCUT2D eigenvalue weighted by Gasteiger charge is 2.19. The van der Waals surface area contributed by atoms with Gasteiger partial charge in [0.05, 0.1) is 11.0 Å². The summed E-state index contributed by atoms with van der Waals surface area (Å²) < 4.78 is 0. The Kier molecular flexibility index (Phi) is 5.45. The number of amides is 1. The molecule has 0 radical (unpaired) electrons. The molecule has 0 bridgehead atoms. The smallest absolute Gasteiger partial charge is 0.293 e. The fourth-order valence-corrected chi connectivity index (χ4v) is 1.78. The van der Waals surface area contributed by atoms with Gasteiger partial charge in [-0.3, -0.25) is 14.9 Å². The topological polar surface area (TPSA) is 95.7 Å². The van der Waals surface area contributed by atoms with Gasteiger partial charge >= 0.3 is 0 Å². The van der Waals surface area contributed by atoms with E-state index in [1.807, 2.05) is 0 Å². The highest BCUT2D eigenvalue weighted by Crippen LogP contribution is 2.28. The van der Waals surface area contributed by atoms with Gasteiger partial charge in [0.2, 0.25) is 0 Å². The predicted octanol–water partition coefficient (Wildman–Crippen LogP) is 1.16. The van der Waals surface area contributed by atoms with E-state index in [9.17, 15) is 20.0 Å². The summed E-state index contributed by atoms with van der Waals surface area (Å²) in [5.74, 6) is -0.369. The van der Waals surface area contributed by atoms with Crippen molar-refractivity contribution in [2.24, 2.45) is 0 Å². The maximum Gasteiger partial charge on any atom is 0.293 e. The van der Waals surface area contributed by atoms with Gasteiger partial charge in [-0.2, -0.15) is 0 Å². The first-order valence-corrected chi connectivity index (χ1v) is 6.26. The van der Waals surface area contributed by atoms with E-state index in [-0.39, 0.29) is 17.2 Å². The van der Waals surface area contributed by atoms with Crippen LogP contribution in [-0.4, -0.2) is 42.7 Å². The number of anilines is 1. The van der Waals surface area contributed by atoms with Crippen molar-refractivity contribution in [1.82, 2.24) is 5.32 Å². The molecule has 110 valence electrons. The average molecular weight is 281 g/mol. The first-order valence-electron chi connectivity index (χ1n) is 6.26. The van der Waals surface area contributed by atoms with Gasteiger partial charge in [-0.15, -0.1) is 0 Å². The Morgan fingerprint density at radius 3 is 2.70 bits per heavy atom. The first-order chi connectivity index (χ1) is 9.36. The zero-order valence-electron chi connectivity index (χ0n) is 11.8. The summed E-state index contributed by atoms with van der Waals surface area (Å²) in [7, 11) is 3.18. The number of aliphatic hydroxyl groups is 1. The number of hydrogen-bond acceptors (Lipinski definition) is 5. The SMILES string of the molecule is CNC(=O)c1ccc(N(C)CCC(C)O)c([N+](=O)[O-])c1. The number of rotatable bonds is 6. The van der Waals surface area contributed by atoms with Gasteiger partial charge in [0.25, 0.3) is 11.6 Å². The van der Waals surface area contributed by atoms with Crippen molar-refractivity contribution in [3.8, 4) is 0 Å². The third kappa shape index (κ3) is 3.92. The molecule has 1 aromatic rings. The van der Waals surface area contributed by atoms with Gasteiger partial charge < -0.3 is 15.3 Å². The third-order valence-electron chi connectivity index (χ3n) is 2.95. The highest BCUT2D eigenvalue weighted by atomic mass is 16.6. The Bertz CT molecular complexity index is 502. The second-order valence-electron chi connectivity index (χ2n) is 4.60. The number of benzene rings is 1. The minimum atomic E-state index is -0.513. The molecule has 0 aliphatic heterocycles. The van der Waals surface area contributed by atoms with Crippen molar-refractivity contribution in [2.45, 2.75) is 19.4 Å². The van der Waals surface area contributed by atoms with Crippen LogP contribution in [-0.2, 0) is 0 Å². The maximum atomic E-state index is 11.5. The summed E-state index contributed by atoms with van der Waals surface area (Å²) >= 11 is 0. The van der Waals surface area contributed by atoms with Crippen LogP contribution in [0.4, 0.5) is 11.4 Å². The maximum absolute atomic E-state index is 11.5. The van der Waals surface area contributed by atoms with E-state index in [4.69, 9.17) is 0 Å². The van der Waals surface area contributed by atoms with Crippen LogP contribution >= 0.6 is 0 Å². The van der Waals surface area contributed by atoms with Crippen LogP contribution in [0.25, 0.3) is 0 Å². The number of nitrogens with one attached hydrogen (secondary N) is 1. The molecule has 0 aliphatic carbocycles. The molecule has 1 aromatic carbocycles. The molecule has 0 aromatic heterocycles.